The lowest BCUT2D eigenvalue weighted by Gasteiger charge is -2.32. The van der Waals surface area contributed by atoms with E-state index in [1.165, 1.54) is 0 Å². The summed E-state index contributed by atoms with van der Waals surface area (Å²) in [6, 6.07) is 0.856. The second kappa shape index (κ2) is 8.57. The molecule has 1 aliphatic rings. The number of pyridine rings is 1. The number of anilines is 1. The van der Waals surface area contributed by atoms with Crippen molar-refractivity contribution in [2.75, 3.05) is 31.1 Å². The van der Waals surface area contributed by atoms with Gasteiger partial charge in [-0.05, 0) is 25.8 Å². The predicted octanol–water partition coefficient (Wildman–Crippen LogP) is 2.22. The number of carbonyl (C=O) groups excluding carboxylic acids is 2. The predicted molar refractivity (Wildman–Crippen MR) is 90.9 cm³/mol. The zero-order valence-corrected chi connectivity index (χ0v) is 15.0. The minimum Gasteiger partial charge on any atom is -0.355 e. The minimum atomic E-state index is -4.50. The maximum atomic E-state index is 12.7. The molecule has 0 radical (unpaired) electrons. The molecule has 0 bridgehead atoms. The summed E-state index contributed by atoms with van der Waals surface area (Å²) in [5.74, 6) is -0.434. The van der Waals surface area contributed by atoms with Crippen molar-refractivity contribution in [2.24, 2.45) is 5.92 Å². The normalized spacial score (nSPS) is 15.7. The highest BCUT2D eigenvalue weighted by Crippen LogP contribution is 2.34. The lowest BCUT2D eigenvalue weighted by molar-refractivity contribution is -0.137. The van der Waals surface area contributed by atoms with E-state index in [0.717, 1.165) is 12.3 Å². The molecule has 0 unspecified atom stereocenters. The lowest BCUT2D eigenvalue weighted by Crippen LogP contribution is -2.43. The van der Waals surface area contributed by atoms with Gasteiger partial charge in [0.15, 0.2) is 0 Å². The second-order valence-corrected chi connectivity index (χ2v) is 6.37. The van der Waals surface area contributed by atoms with E-state index in [4.69, 9.17) is 11.6 Å². The van der Waals surface area contributed by atoms with Gasteiger partial charge >= 0.3 is 6.18 Å². The smallest absolute Gasteiger partial charge is 0.355 e. The largest absolute Gasteiger partial charge is 0.417 e. The maximum Gasteiger partial charge on any atom is 0.417 e. The highest BCUT2D eigenvalue weighted by atomic mass is 35.5. The molecule has 2 heterocycles. The number of nitrogens with zero attached hydrogens (tertiary/aromatic N) is 2. The molecule has 1 aliphatic heterocycles. The molecule has 1 fully saturated rings. The van der Waals surface area contributed by atoms with Crippen molar-refractivity contribution in [1.82, 2.24) is 15.6 Å². The highest BCUT2D eigenvalue weighted by Gasteiger charge is 2.33. The third-order valence-electron chi connectivity index (χ3n) is 4.11. The zero-order chi connectivity index (χ0) is 19.3. The summed E-state index contributed by atoms with van der Waals surface area (Å²) in [6.45, 7) is 3.09. The van der Waals surface area contributed by atoms with Gasteiger partial charge in [-0.3, -0.25) is 9.59 Å². The first-order chi connectivity index (χ1) is 12.2. The van der Waals surface area contributed by atoms with Crippen LogP contribution in [0.1, 0.15) is 25.3 Å². The Hall–Kier alpha value is -2.03. The Bertz CT molecular complexity index is 661. The lowest BCUT2D eigenvalue weighted by atomic mass is 9.96. The average molecular weight is 393 g/mol. The van der Waals surface area contributed by atoms with Crippen LogP contribution in [0.25, 0.3) is 0 Å². The van der Waals surface area contributed by atoms with Crippen molar-refractivity contribution >= 4 is 29.2 Å². The molecule has 0 atom stereocenters. The molecule has 0 aliphatic carbocycles. The van der Waals surface area contributed by atoms with Crippen LogP contribution in [0.5, 0.6) is 0 Å². The number of hydrogen-bond acceptors (Lipinski definition) is 4. The Labute approximate surface area is 154 Å². The summed E-state index contributed by atoms with van der Waals surface area (Å²) in [5.41, 5.74) is -0.897. The van der Waals surface area contributed by atoms with Crippen LogP contribution in [0.15, 0.2) is 12.3 Å². The maximum absolute atomic E-state index is 12.7. The molecule has 144 valence electrons. The van der Waals surface area contributed by atoms with Crippen molar-refractivity contribution in [3.05, 3.63) is 22.8 Å². The Balaban J connectivity index is 1.90. The van der Waals surface area contributed by atoms with E-state index in [-0.39, 0.29) is 35.1 Å². The van der Waals surface area contributed by atoms with Crippen LogP contribution in [0.4, 0.5) is 19.0 Å². The van der Waals surface area contributed by atoms with Crippen molar-refractivity contribution < 1.29 is 22.8 Å². The number of carbonyl (C=O) groups is 2. The van der Waals surface area contributed by atoms with Gasteiger partial charge in [-0.2, -0.15) is 13.2 Å². The van der Waals surface area contributed by atoms with Gasteiger partial charge in [0.25, 0.3) is 0 Å². The van der Waals surface area contributed by atoms with Crippen LogP contribution >= 0.6 is 11.6 Å². The van der Waals surface area contributed by atoms with E-state index in [0.29, 0.717) is 32.5 Å². The fourth-order valence-electron chi connectivity index (χ4n) is 2.74. The number of alkyl halides is 3. The van der Waals surface area contributed by atoms with E-state index in [1.54, 1.807) is 11.8 Å². The quantitative estimate of drug-likeness (QED) is 0.805. The van der Waals surface area contributed by atoms with E-state index in [9.17, 15) is 22.8 Å². The number of likely N-dealkylation sites (N-methyl/N-ethyl adjacent to an activating group) is 1. The molecular formula is C16H20ClF3N4O2. The molecule has 1 aromatic heterocycles. The molecule has 2 rings (SSSR count). The topological polar surface area (TPSA) is 74.3 Å². The van der Waals surface area contributed by atoms with Crippen molar-refractivity contribution in [2.45, 2.75) is 25.9 Å². The number of halogens is 4. The molecule has 1 saturated heterocycles. The van der Waals surface area contributed by atoms with Crippen molar-refractivity contribution in [3.63, 3.8) is 0 Å². The summed E-state index contributed by atoms with van der Waals surface area (Å²) in [4.78, 5) is 29.1. The van der Waals surface area contributed by atoms with Crippen LogP contribution in [0, 0.1) is 5.92 Å². The fraction of sp³-hybridized carbons (Fsp3) is 0.562. The summed E-state index contributed by atoms with van der Waals surface area (Å²) >= 11 is 5.95. The molecule has 0 aromatic carbocycles. The monoisotopic (exact) mass is 392 g/mol. The molecule has 1 aromatic rings. The Kier molecular flexibility index (Phi) is 6.69. The third-order valence-corrected chi connectivity index (χ3v) is 4.39. The van der Waals surface area contributed by atoms with Crippen molar-refractivity contribution in [1.29, 1.82) is 0 Å². The number of amides is 2. The zero-order valence-electron chi connectivity index (χ0n) is 14.2. The first kappa shape index (κ1) is 20.3. The Morgan fingerprint density at radius 2 is 1.96 bits per heavy atom. The molecule has 0 spiro atoms. The van der Waals surface area contributed by atoms with Gasteiger partial charge in [0.2, 0.25) is 11.8 Å². The molecule has 26 heavy (non-hydrogen) atoms. The van der Waals surface area contributed by atoms with Gasteiger partial charge in [-0.1, -0.05) is 11.6 Å². The molecule has 10 heteroatoms. The molecule has 2 amide bonds. The van der Waals surface area contributed by atoms with E-state index in [1.807, 2.05) is 0 Å². The Morgan fingerprint density at radius 3 is 2.50 bits per heavy atom. The number of piperidine rings is 1. The standard InChI is InChI=1S/C16H20ClF3N4O2/c1-2-21-13(25)9-23-15(26)10-3-5-24(6-4-10)14-12(17)7-11(8-22-14)16(18,19)20/h7-8,10H,2-6,9H2,1H3,(H,21,25)(H,23,26). The highest BCUT2D eigenvalue weighted by molar-refractivity contribution is 6.33. The summed E-state index contributed by atoms with van der Waals surface area (Å²) < 4.78 is 38.0. The van der Waals surface area contributed by atoms with Crippen molar-refractivity contribution in [3.8, 4) is 0 Å². The van der Waals surface area contributed by atoms with Gasteiger partial charge in [-0.15, -0.1) is 0 Å². The molecule has 2 N–H and O–H groups in total. The second-order valence-electron chi connectivity index (χ2n) is 5.96. The van der Waals surface area contributed by atoms with E-state index < -0.39 is 11.7 Å². The Morgan fingerprint density at radius 1 is 1.31 bits per heavy atom. The van der Waals surface area contributed by atoms with E-state index in [2.05, 4.69) is 15.6 Å². The van der Waals surface area contributed by atoms with Gasteiger partial charge in [0.1, 0.15) is 5.82 Å². The first-order valence-electron chi connectivity index (χ1n) is 8.24. The van der Waals surface area contributed by atoms with Gasteiger partial charge < -0.3 is 15.5 Å². The average Bonchev–Trinajstić information content (AvgIpc) is 2.59. The van der Waals surface area contributed by atoms with Crippen LogP contribution in [0.2, 0.25) is 5.02 Å². The number of aromatic nitrogens is 1. The van der Waals surface area contributed by atoms with Crippen LogP contribution in [0.3, 0.4) is 0 Å². The fourth-order valence-corrected chi connectivity index (χ4v) is 3.03. The SMILES string of the molecule is CCNC(=O)CNC(=O)C1CCN(c2ncc(C(F)(F)F)cc2Cl)CC1. The molecule has 6 nitrogen and oxygen atoms in total. The third kappa shape index (κ3) is 5.23. The number of hydrogen-bond donors (Lipinski definition) is 2. The minimum absolute atomic E-state index is 0.0703. The van der Waals surface area contributed by atoms with Gasteiger partial charge in [0.05, 0.1) is 17.1 Å². The molecular weight excluding hydrogens is 373 g/mol. The molecule has 0 saturated carbocycles. The number of nitrogens with one attached hydrogen (secondary N) is 2. The summed E-state index contributed by atoms with van der Waals surface area (Å²) in [5, 5.41) is 5.11. The summed E-state index contributed by atoms with van der Waals surface area (Å²) in [6.07, 6.45) is -2.74. The number of rotatable bonds is 5. The van der Waals surface area contributed by atoms with Crippen LogP contribution in [-0.4, -0.2) is 43.0 Å². The van der Waals surface area contributed by atoms with E-state index >= 15 is 0 Å². The van der Waals surface area contributed by atoms with Gasteiger partial charge in [-0.25, -0.2) is 4.98 Å². The van der Waals surface area contributed by atoms with Crippen LogP contribution < -0.4 is 15.5 Å². The van der Waals surface area contributed by atoms with Crippen LogP contribution in [-0.2, 0) is 15.8 Å². The first-order valence-corrected chi connectivity index (χ1v) is 8.62. The van der Waals surface area contributed by atoms with Gasteiger partial charge in [0, 0.05) is 31.7 Å². The summed E-state index contributed by atoms with van der Waals surface area (Å²) in [7, 11) is 0.